The fraction of sp³-hybridized carbons (Fsp3) is 0.222. The third-order valence-electron chi connectivity index (χ3n) is 4.81. The SMILES string of the molecule is O=[N+]([O-])c1ccc([C@@H]2Nc3c(I)cccc3[C@@H]3C=CC[C@H]32)cc1. The first-order valence-corrected chi connectivity index (χ1v) is 8.69. The van der Waals surface area contributed by atoms with Gasteiger partial charge in [0.1, 0.15) is 0 Å². The van der Waals surface area contributed by atoms with Crippen molar-refractivity contribution in [2.45, 2.75) is 18.4 Å². The number of nitrogens with zero attached hydrogens (tertiary/aromatic N) is 1. The first-order valence-electron chi connectivity index (χ1n) is 7.61. The molecular weight excluding hydrogens is 403 g/mol. The lowest BCUT2D eigenvalue weighted by Gasteiger charge is -2.38. The Morgan fingerprint density at radius 2 is 1.96 bits per heavy atom. The summed E-state index contributed by atoms with van der Waals surface area (Å²) in [6, 6.07) is 13.6. The van der Waals surface area contributed by atoms with Crippen molar-refractivity contribution in [3.8, 4) is 0 Å². The van der Waals surface area contributed by atoms with Gasteiger partial charge in [0.25, 0.3) is 5.69 Å². The van der Waals surface area contributed by atoms with Crippen LogP contribution in [0.25, 0.3) is 0 Å². The molecule has 0 unspecified atom stereocenters. The smallest absolute Gasteiger partial charge is 0.269 e. The van der Waals surface area contributed by atoms with Crippen molar-refractivity contribution < 1.29 is 4.92 Å². The fourth-order valence-electron chi connectivity index (χ4n) is 3.72. The highest BCUT2D eigenvalue weighted by molar-refractivity contribution is 14.1. The Balaban J connectivity index is 1.75. The quantitative estimate of drug-likeness (QED) is 0.322. The average molecular weight is 418 g/mol. The van der Waals surface area contributed by atoms with E-state index in [1.807, 2.05) is 12.1 Å². The Morgan fingerprint density at radius 3 is 2.70 bits per heavy atom. The van der Waals surface area contributed by atoms with E-state index >= 15 is 0 Å². The number of allylic oxidation sites excluding steroid dienone is 2. The number of hydrogen-bond acceptors (Lipinski definition) is 3. The number of non-ortho nitro benzene ring substituents is 1. The molecule has 4 rings (SSSR count). The molecule has 0 fully saturated rings. The first kappa shape index (κ1) is 14.7. The van der Waals surface area contributed by atoms with Gasteiger partial charge in [-0.25, -0.2) is 0 Å². The number of fused-ring (bicyclic) bond motifs is 3. The highest BCUT2D eigenvalue weighted by Crippen LogP contribution is 2.50. The van der Waals surface area contributed by atoms with Crippen LogP contribution < -0.4 is 5.32 Å². The molecule has 4 nitrogen and oxygen atoms in total. The molecule has 0 aromatic heterocycles. The Morgan fingerprint density at radius 1 is 1.17 bits per heavy atom. The summed E-state index contributed by atoms with van der Waals surface area (Å²) >= 11 is 2.36. The van der Waals surface area contributed by atoms with Crippen molar-refractivity contribution in [2.75, 3.05) is 5.32 Å². The van der Waals surface area contributed by atoms with E-state index in [4.69, 9.17) is 0 Å². The molecule has 1 aliphatic heterocycles. The van der Waals surface area contributed by atoms with Gasteiger partial charge in [0, 0.05) is 21.6 Å². The summed E-state index contributed by atoms with van der Waals surface area (Å²) < 4.78 is 1.21. The Kier molecular flexibility index (Phi) is 3.60. The molecule has 3 atom stereocenters. The predicted octanol–water partition coefficient (Wildman–Crippen LogP) is 5.03. The molecule has 0 saturated heterocycles. The second-order valence-corrected chi connectivity index (χ2v) is 7.19. The summed E-state index contributed by atoms with van der Waals surface area (Å²) in [6.45, 7) is 0. The predicted molar refractivity (Wildman–Crippen MR) is 98.6 cm³/mol. The molecule has 2 aliphatic rings. The average Bonchev–Trinajstić information content (AvgIpc) is 3.04. The van der Waals surface area contributed by atoms with Gasteiger partial charge in [-0.15, -0.1) is 0 Å². The summed E-state index contributed by atoms with van der Waals surface area (Å²) in [5.41, 5.74) is 3.80. The number of rotatable bonds is 2. The number of nitro groups is 1. The minimum absolute atomic E-state index is 0.139. The summed E-state index contributed by atoms with van der Waals surface area (Å²) in [5.74, 6) is 0.878. The number of nitrogens with one attached hydrogen (secondary N) is 1. The lowest BCUT2D eigenvalue weighted by molar-refractivity contribution is -0.384. The Labute approximate surface area is 147 Å². The summed E-state index contributed by atoms with van der Waals surface area (Å²) in [5, 5.41) is 14.5. The van der Waals surface area contributed by atoms with E-state index < -0.39 is 0 Å². The number of benzene rings is 2. The van der Waals surface area contributed by atoms with Crippen LogP contribution in [0.15, 0.2) is 54.6 Å². The lowest BCUT2D eigenvalue weighted by Crippen LogP contribution is -2.29. The molecule has 0 radical (unpaired) electrons. The second kappa shape index (κ2) is 5.63. The number of halogens is 1. The van der Waals surface area contributed by atoms with Crippen LogP contribution in [-0.2, 0) is 0 Å². The molecule has 2 aromatic carbocycles. The van der Waals surface area contributed by atoms with Crippen LogP contribution >= 0.6 is 22.6 Å². The molecule has 0 spiro atoms. The minimum atomic E-state index is -0.351. The molecule has 0 saturated carbocycles. The van der Waals surface area contributed by atoms with Crippen molar-refractivity contribution in [3.63, 3.8) is 0 Å². The normalized spacial score (nSPS) is 24.7. The van der Waals surface area contributed by atoms with Gasteiger partial charge in [-0.1, -0.05) is 36.4 Å². The van der Waals surface area contributed by atoms with E-state index in [0.29, 0.717) is 11.8 Å². The highest BCUT2D eigenvalue weighted by Gasteiger charge is 2.38. The zero-order valence-electron chi connectivity index (χ0n) is 12.3. The standard InChI is InChI=1S/C18H15IN2O2/c19-16-6-2-5-15-13-3-1-4-14(13)17(20-18(15)16)11-7-9-12(10-8-11)21(22)23/h1-3,5-10,13-14,17,20H,4H2/t13-,14-,17+/m1/s1. The van der Waals surface area contributed by atoms with E-state index in [0.717, 1.165) is 12.0 Å². The van der Waals surface area contributed by atoms with Gasteiger partial charge in [0.2, 0.25) is 0 Å². The maximum Gasteiger partial charge on any atom is 0.269 e. The lowest BCUT2D eigenvalue weighted by atomic mass is 9.77. The molecule has 1 N–H and O–H groups in total. The van der Waals surface area contributed by atoms with E-state index in [2.05, 4.69) is 58.3 Å². The zero-order valence-corrected chi connectivity index (χ0v) is 14.4. The summed E-state index contributed by atoms with van der Waals surface area (Å²) in [6.07, 6.45) is 5.59. The van der Waals surface area contributed by atoms with Gasteiger partial charge in [0.15, 0.2) is 0 Å². The van der Waals surface area contributed by atoms with E-state index in [1.54, 1.807) is 12.1 Å². The number of nitro benzene ring substituents is 1. The molecule has 5 heteroatoms. The molecular formula is C18H15IN2O2. The van der Waals surface area contributed by atoms with Crippen molar-refractivity contribution >= 4 is 34.0 Å². The van der Waals surface area contributed by atoms with Crippen LogP contribution in [0.5, 0.6) is 0 Å². The highest BCUT2D eigenvalue weighted by atomic mass is 127. The van der Waals surface area contributed by atoms with Gasteiger partial charge in [-0.05, 0) is 52.1 Å². The maximum atomic E-state index is 10.9. The van der Waals surface area contributed by atoms with Crippen molar-refractivity contribution in [2.24, 2.45) is 5.92 Å². The van der Waals surface area contributed by atoms with E-state index in [-0.39, 0.29) is 16.7 Å². The molecule has 23 heavy (non-hydrogen) atoms. The van der Waals surface area contributed by atoms with Crippen LogP contribution in [-0.4, -0.2) is 4.92 Å². The third kappa shape index (κ3) is 2.43. The fourth-order valence-corrected chi connectivity index (χ4v) is 4.39. The Hall–Kier alpha value is -1.89. The van der Waals surface area contributed by atoms with Gasteiger partial charge in [-0.2, -0.15) is 0 Å². The molecule has 116 valence electrons. The van der Waals surface area contributed by atoms with Gasteiger partial charge in [-0.3, -0.25) is 10.1 Å². The zero-order chi connectivity index (χ0) is 16.0. The van der Waals surface area contributed by atoms with Gasteiger partial charge >= 0.3 is 0 Å². The molecule has 1 heterocycles. The van der Waals surface area contributed by atoms with Crippen LogP contribution in [0.3, 0.4) is 0 Å². The van der Waals surface area contributed by atoms with Crippen LogP contribution in [0.4, 0.5) is 11.4 Å². The second-order valence-electron chi connectivity index (χ2n) is 6.03. The van der Waals surface area contributed by atoms with Gasteiger partial charge < -0.3 is 5.32 Å². The monoisotopic (exact) mass is 418 g/mol. The molecule has 1 aliphatic carbocycles. The molecule has 0 bridgehead atoms. The topological polar surface area (TPSA) is 55.2 Å². The maximum absolute atomic E-state index is 10.9. The minimum Gasteiger partial charge on any atom is -0.377 e. The Bertz CT molecular complexity index is 801. The largest absolute Gasteiger partial charge is 0.377 e. The van der Waals surface area contributed by atoms with Crippen LogP contribution in [0.2, 0.25) is 0 Å². The summed E-state index contributed by atoms with van der Waals surface area (Å²) in [7, 11) is 0. The van der Waals surface area contributed by atoms with E-state index in [9.17, 15) is 10.1 Å². The number of para-hydroxylation sites is 1. The van der Waals surface area contributed by atoms with Gasteiger partial charge in [0.05, 0.1) is 16.7 Å². The third-order valence-corrected chi connectivity index (χ3v) is 5.71. The van der Waals surface area contributed by atoms with E-state index in [1.165, 1.54) is 14.8 Å². The molecule has 0 amide bonds. The first-order chi connectivity index (χ1) is 11.1. The van der Waals surface area contributed by atoms with Crippen LogP contribution in [0, 0.1) is 19.6 Å². The van der Waals surface area contributed by atoms with Crippen molar-refractivity contribution in [3.05, 3.63) is 79.4 Å². The number of anilines is 1. The van der Waals surface area contributed by atoms with Crippen LogP contribution in [0.1, 0.15) is 29.5 Å². The van der Waals surface area contributed by atoms with Crippen molar-refractivity contribution in [1.29, 1.82) is 0 Å². The molecule has 2 aromatic rings. The number of hydrogen-bond donors (Lipinski definition) is 1. The van der Waals surface area contributed by atoms with Crippen molar-refractivity contribution in [1.82, 2.24) is 0 Å². The summed E-state index contributed by atoms with van der Waals surface area (Å²) in [4.78, 5) is 10.5.